The quantitative estimate of drug-likeness (QED) is 0.598. The SMILES string of the molecule is NNc1ccc(C(=O)Nc2ccc(Cl)cc2F)cc1. The molecule has 0 spiro atoms. The fraction of sp³-hybridized carbons (Fsp3) is 0. The van der Waals surface area contributed by atoms with Gasteiger partial charge in [0, 0.05) is 16.3 Å². The summed E-state index contributed by atoms with van der Waals surface area (Å²) in [6.07, 6.45) is 0. The minimum Gasteiger partial charge on any atom is -0.324 e. The van der Waals surface area contributed by atoms with E-state index < -0.39 is 11.7 Å². The van der Waals surface area contributed by atoms with Crippen LogP contribution in [0.15, 0.2) is 42.5 Å². The molecule has 4 N–H and O–H groups in total. The minimum absolute atomic E-state index is 0.0791. The third-order valence-electron chi connectivity index (χ3n) is 2.49. The second kappa shape index (κ2) is 5.69. The monoisotopic (exact) mass is 279 g/mol. The largest absolute Gasteiger partial charge is 0.324 e. The number of anilines is 2. The zero-order valence-corrected chi connectivity index (χ0v) is 10.5. The lowest BCUT2D eigenvalue weighted by Gasteiger charge is -2.07. The van der Waals surface area contributed by atoms with Crippen LogP contribution in [-0.4, -0.2) is 5.91 Å². The highest BCUT2D eigenvalue weighted by Crippen LogP contribution is 2.19. The molecule has 2 rings (SSSR count). The molecule has 0 heterocycles. The Hall–Kier alpha value is -2.11. The van der Waals surface area contributed by atoms with Crippen molar-refractivity contribution in [2.45, 2.75) is 0 Å². The summed E-state index contributed by atoms with van der Waals surface area (Å²) < 4.78 is 13.5. The predicted molar refractivity (Wildman–Crippen MR) is 73.6 cm³/mol. The van der Waals surface area contributed by atoms with E-state index in [4.69, 9.17) is 17.4 Å². The number of hydrogen-bond donors (Lipinski definition) is 3. The van der Waals surface area contributed by atoms with Crippen molar-refractivity contribution in [1.82, 2.24) is 0 Å². The van der Waals surface area contributed by atoms with Crippen LogP contribution in [0.5, 0.6) is 0 Å². The van der Waals surface area contributed by atoms with Gasteiger partial charge in [-0.2, -0.15) is 0 Å². The van der Waals surface area contributed by atoms with Crippen molar-refractivity contribution in [2.75, 3.05) is 10.7 Å². The first kappa shape index (κ1) is 13.3. The van der Waals surface area contributed by atoms with Crippen LogP contribution in [0.25, 0.3) is 0 Å². The molecule has 6 heteroatoms. The molecule has 0 bridgehead atoms. The normalized spacial score (nSPS) is 10.1. The molecular formula is C13H11ClFN3O. The van der Waals surface area contributed by atoms with E-state index in [0.717, 1.165) is 6.07 Å². The van der Waals surface area contributed by atoms with Gasteiger partial charge in [0.2, 0.25) is 0 Å². The lowest BCUT2D eigenvalue weighted by Crippen LogP contribution is -2.13. The van der Waals surface area contributed by atoms with Crippen molar-refractivity contribution in [3.63, 3.8) is 0 Å². The Morgan fingerprint density at radius 3 is 2.42 bits per heavy atom. The van der Waals surface area contributed by atoms with Crippen molar-refractivity contribution < 1.29 is 9.18 Å². The molecule has 2 aromatic rings. The summed E-state index contributed by atoms with van der Waals surface area (Å²) in [5.74, 6) is 4.23. The van der Waals surface area contributed by atoms with Gasteiger partial charge in [-0.15, -0.1) is 0 Å². The van der Waals surface area contributed by atoms with E-state index in [1.54, 1.807) is 24.3 Å². The Morgan fingerprint density at radius 2 is 1.84 bits per heavy atom. The first-order valence-corrected chi connectivity index (χ1v) is 5.81. The van der Waals surface area contributed by atoms with Gasteiger partial charge >= 0.3 is 0 Å². The number of rotatable bonds is 3. The summed E-state index contributed by atoms with van der Waals surface area (Å²) in [6.45, 7) is 0. The molecule has 0 aliphatic rings. The van der Waals surface area contributed by atoms with E-state index in [2.05, 4.69) is 10.7 Å². The molecule has 1 amide bonds. The number of hydrazine groups is 1. The minimum atomic E-state index is -0.582. The highest BCUT2D eigenvalue weighted by atomic mass is 35.5. The number of carbonyl (C=O) groups is 1. The van der Waals surface area contributed by atoms with Crippen LogP contribution in [0.1, 0.15) is 10.4 Å². The Morgan fingerprint density at radius 1 is 1.16 bits per heavy atom. The molecule has 19 heavy (non-hydrogen) atoms. The highest BCUT2D eigenvalue weighted by molar-refractivity contribution is 6.30. The van der Waals surface area contributed by atoms with Gasteiger partial charge in [0.05, 0.1) is 5.69 Å². The van der Waals surface area contributed by atoms with E-state index in [-0.39, 0.29) is 10.7 Å². The van der Waals surface area contributed by atoms with Gasteiger partial charge in [0.15, 0.2) is 0 Å². The standard InChI is InChI=1S/C13H11ClFN3O/c14-9-3-6-12(11(15)7-9)17-13(19)8-1-4-10(18-16)5-2-8/h1-7,18H,16H2,(H,17,19). The maximum absolute atomic E-state index is 13.5. The third-order valence-corrected chi connectivity index (χ3v) is 2.73. The van der Waals surface area contributed by atoms with Crippen molar-refractivity contribution in [3.8, 4) is 0 Å². The second-order valence-corrected chi connectivity index (χ2v) is 4.24. The summed E-state index contributed by atoms with van der Waals surface area (Å²) in [5.41, 5.74) is 3.60. The van der Waals surface area contributed by atoms with E-state index in [9.17, 15) is 9.18 Å². The molecule has 0 radical (unpaired) electrons. The Balaban J connectivity index is 2.15. The van der Waals surface area contributed by atoms with Gasteiger partial charge in [-0.25, -0.2) is 4.39 Å². The molecular weight excluding hydrogens is 269 g/mol. The van der Waals surface area contributed by atoms with Gasteiger partial charge in [-0.3, -0.25) is 10.6 Å². The first-order valence-electron chi connectivity index (χ1n) is 5.43. The molecule has 0 aliphatic heterocycles. The highest BCUT2D eigenvalue weighted by Gasteiger charge is 2.09. The number of nitrogen functional groups attached to an aromatic ring is 1. The molecule has 98 valence electrons. The van der Waals surface area contributed by atoms with Gasteiger partial charge < -0.3 is 10.7 Å². The van der Waals surface area contributed by atoms with Crippen LogP contribution in [-0.2, 0) is 0 Å². The lowest BCUT2D eigenvalue weighted by atomic mass is 10.2. The van der Waals surface area contributed by atoms with Crippen LogP contribution in [0.4, 0.5) is 15.8 Å². The Kier molecular flexibility index (Phi) is 3.99. The molecule has 4 nitrogen and oxygen atoms in total. The number of halogens is 2. The molecule has 0 unspecified atom stereocenters. The molecule has 0 aromatic heterocycles. The predicted octanol–water partition coefficient (Wildman–Crippen LogP) is 3.02. The second-order valence-electron chi connectivity index (χ2n) is 3.80. The molecule has 0 fully saturated rings. The van der Waals surface area contributed by atoms with Gasteiger partial charge in [0.1, 0.15) is 5.82 Å². The fourth-order valence-electron chi connectivity index (χ4n) is 1.50. The maximum Gasteiger partial charge on any atom is 0.255 e. The van der Waals surface area contributed by atoms with Crippen molar-refractivity contribution in [3.05, 3.63) is 58.9 Å². The van der Waals surface area contributed by atoms with Crippen LogP contribution in [0, 0.1) is 5.82 Å². The summed E-state index contributed by atoms with van der Waals surface area (Å²) >= 11 is 5.63. The average molecular weight is 280 g/mol. The number of benzene rings is 2. The number of nitrogens with two attached hydrogens (primary N) is 1. The molecule has 0 aliphatic carbocycles. The van der Waals surface area contributed by atoms with E-state index >= 15 is 0 Å². The van der Waals surface area contributed by atoms with E-state index in [0.29, 0.717) is 11.3 Å². The summed E-state index contributed by atoms with van der Waals surface area (Å²) in [5, 5.41) is 2.74. The van der Waals surface area contributed by atoms with E-state index in [1.807, 2.05) is 0 Å². The van der Waals surface area contributed by atoms with Crippen LogP contribution in [0.3, 0.4) is 0 Å². The summed E-state index contributed by atoms with van der Waals surface area (Å²) in [7, 11) is 0. The number of carbonyl (C=O) groups excluding carboxylic acids is 1. The fourth-order valence-corrected chi connectivity index (χ4v) is 1.66. The zero-order chi connectivity index (χ0) is 13.8. The van der Waals surface area contributed by atoms with E-state index in [1.165, 1.54) is 12.1 Å². The van der Waals surface area contributed by atoms with Gasteiger partial charge in [-0.1, -0.05) is 11.6 Å². The van der Waals surface area contributed by atoms with Crippen molar-refractivity contribution >= 4 is 28.9 Å². The Bertz CT molecular complexity index is 601. The van der Waals surface area contributed by atoms with Crippen LogP contribution in [0.2, 0.25) is 5.02 Å². The number of amides is 1. The smallest absolute Gasteiger partial charge is 0.255 e. The van der Waals surface area contributed by atoms with Crippen LogP contribution < -0.4 is 16.6 Å². The van der Waals surface area contributed by atoms with Crippen molar-refractivity contribution in [2.24, 2.45) is 5.84 Å². The molecule has 2 aromatic carbocycles. The Labute approximate surface area is 114 Å². The molecule has 0 atom stereocenters. The third kappa shape index (κ3) is 3.21. The number of hydrogen-bond acceptors (Lipinski definition) is 3. The van der Waals surface area contributed by atoms with Gasteiger partial charge in [-0.05, 0) is 42.5 Å². The van der Waals surface area contributed by atoms with Gasteiger partial charge in [0.25, 0.3) is 5.91 Å². The average Bonchev–Trinajstić information content (AvgIpc) is 2.42. The maximum atomic E-state index is 13.5. The zero-order valence-electron chi connectivity index (χ0n) is 9.78. The lowest BCUT2D eigenvalue weighted by molar-refractivity contribution is 0.102. The molecule has 0 saturated carbocycles. The number of nitrogens with one attached hydrogen (secondary N) is 2. The first-order chi connectivity index (χ1) is 9.10. The van der Waals surface area contributed by atoms with Crippen LogP contribution >= 0.6 is 11.6 Å². The van der Waals surface area contributed by atoms with Crippen molar-refractivity contribution in [1.29, 1.82) is 0 Å². The topological polar surface area (TPSA) is 67.1 Å². The summed E-state index contributed by atoms with van der Waals surface area (Å²) in [6, 6.07) is 10.5. The summed E-state index contributed by atoms with van der Waals surface area (Å²) in [4.78, 5) is 11.9. The molecule has 0 saturated heterocycles.